The molecular weight excluding hydrogens is 145 g/mol. The van der Waals surface area contributed by atoms with Gasteiger partial charge in [-0.15, -0.1) is 0 Å². The van der Waals surface area contributed by atoms with Crippen molar-refractivity contribution in [3.05, 3.63) is 0 Å². The first-order chi connectivity index (χ1) is 5.56. The highest BCUT2D eigenvalue weighted by Gasteiger charge is 2.31. The van der Waals surface area contributed by atoms with Crippen molar-refractivity contribution >= 4 is 7.85 Å². The largest absolute Gasteiger partial charge is 0.328 e. The number of nitrogens with two attached hydrogens (primary N) is 1. The lowest BCUT2D eigenvalue weighted by molar-refractivity contribution is 0.379. The molecule has 3 unspecified atom stereocenters. The summed E-state index contributed by atoms with van der Waals surface area (Å²) in [7, 11) is 2.33. The molecule has 3 atom stereocenters. The van der Waals surface area contributed by atoms with Gasteiger partial charge < -0.3 is 5.73 Å². The average molecular weight is 167 g/mol. The van der Waals surface area contributed by atoms with E-state index in [9.17, 15) is 0 Å². The van der Waals surface area contributed by atoms with Crippen molar-refractivity contribution < 1.29 is 0 Å². The predicted molar refractivity (Wildman–Crippen MR) is 57.1 cm³/mol. The summed E-state index contributed by atoms with van der Waals surface area (Å²) in [5.41, 5.74) is 6.13. The molecule has 0 spiro atoms. The van der Waals surface area contributed by atoms with Gasteiger partial charge in [0.1, 0.15) is 7.85 Å². The van der Waals surface area contributed by atoms with E-state index in [1.165, 1.54) is 32.1 Å². The van der Waals surface area contributed by atoms with Gasteiger partial charge in [0.05, 0.1) is 0 Å². The van der Waals surface area contributed by atoms with Gasteiger partial charge in [0, 0.05) is 6.04 Å². The molecule has 1 saturated carbocycles. The molecule has 1 nitrogen and oxygen atoms in total. The smallest absolute Gasteiger partial charge is 0.111 e. The van der Waals surface area contributed by atoms with Crippen molar-refractivity contribution in [1.82, 2.24) is 0 Å². The van der Waals surface area contributed by atoms with Crippen molar-refractivity contribution in [3.63, 3.8) is 0 Å². The SMILES string of the molecule is BC1(C)CC(CC)CCCC1N. The van der Waals surface area contributed by atoms with Crippen LogP contribution >= 0.6 is 0 Å². The minimum Gasteiger partial charge on any atom is -0.328 e. The zero-order valence-electron chi connectivity index (χ0n) is 8.77. The second kappa shape index (κ2) is 3.82. The fraction of sp³-hybridized carbons (Fsp3) is 1.00. The minimum atomic E-state index is 0.372. The Kier molecular flexibility index (Phi) is 3.22. The lowest BCUT2D eigenvalue weighted by Gasteiger charge is -2.31. The van der Waals surface area contributed by atoms with Gasteiger partial charge >= 0.3 is 0 Å². The number of hydrogen-bond acceptors (Lipinski definition) is 1. The summed E-state index contributed by atoms with van der Waals surface area (Å²) < 4.78 is 0. The first-order valence-corrected chi connectivity index (χ1v) is 5.32. The molecule has 1 rings (SSSR count). The molecule has 2 N–H and O–H groups in total. The zero-order valence-corrected chi connectivity index (χ0v) is 8.77. The highest BCUT2D eigenvalue weighted by Crippen LogP contribution is 2.40. The van der Waals surface area contributed by atoms with Gasteiger partial charge in [-0.25, -0.2) is 0 Å². The quantitative estimate of drug-likeness (QED) is 0.467. The summed E-state index contributed by atoms with van der Waals surface area (Å²) in [6.07, 6.45) is 6.61. The zero-order chi connectivity index (χ0) is 9.19. The molecule has 0 aromatic carbocycles. The van der Waals surface area contributed by atoms with Crippen LogP contribution in [0.3, 0.4) is 0 Å². The van der Waals surface area contributed by atoms with E-state index in [0.717, 1.165) is 5.92 Å². The van der Waals surface area contributed by atoms with E-state index >= 15 is 0 Å². The van der Waals surface area contributed by atoms with Crippen LogP contribution in [0.1, 0.15) is 46.0 Å². The molecule has 2 heteroatoms. The first kappa shape index (κ1) is 10.1. The van der Waals surface area contributed by atoms with Crippen molar-refractivity contribution in [2.75, 3.05) is 0 Å². The van der Waals surface area contributed by atoms with E-state index in [2.05, 4.69) is 21.7 Å². The lowest BCUT2D eigenvalue weighted by atomic mass is 9.61. The maximum atomic E-state index is 6.13. The number of rotatable bonds is 1. The summed E-state index contributed by atoms with van der Waals surface area (Å²) in [5, 5.41) is 0.372. The Hall–Kier alpha value is 0.0249. The van der Waals surface area contributed by atoms with Crippen LogP contribution in [0, 0.1) is 5.92 Å². The van der Waals surface area contributed by atoms with Crippen LogP contribution in [0.15, 0.2) is 0 Å². The van der Waals surface area contributed by atoms with E-state index in [1.54, 1.807) is 0 Å². The Morgan fingerprint density at radius 2 is 2.17 bits per heavy atom. The Morgan fingerprint density at radius 1 is 1.50 bits per heavy atom. The summed E-state index contributed by atoms with van der Waals surface area (Å²) in [5.74, 6) is 0.925. The maximum Gasteiger partial charge on any atom is 0.111 e. The van der Waals surface area contributed by atoms with Crippen molar-refractivity contribution in [2.24, 2.45) is 11.7 Å². The van der Waals surface area contributed by atoms with Crippen molar-refractivity contribution in [3.8, 4) is 0 Å². The fourth-order valence-electron chi connectivity index (χ4n) is 2.36. The highest BCUT2D eigenvalue weighted by molar-refractivity contribution is 6.15. The predicted octanol–water partition coefficient (Wildman–Crippen LogP) is 1.73. The van der Waals surface area contributed by atoms with Gasteiger partial charge in [-0.3, -0.25) is 0 Å². The van der Waals surface area contributed by atoms with Crippen molar-refractivity contribution in [1.29, 1.82) is 0 Å². The van der Waals surface area contributed by atoms with E-state index in [0.29, 0.717) is 11.4 Å². The standard InChI is InChI=1S/C10H22BN/c1-3-8-5-4-6-9(12)10(2,11)7-8/h8-9H,3-7,11-12H2,1-2H3. The molecule has 1 aliphatic carbocycles. The van der Waals surface area contributed by atoms with Crippen LogP contribution in [0.2, 0.25) is 5.31 Å². The second-order valence-electron chi connectivity index (χ2n) is 5.00. The molecule has 70 valence electrons. The lowest BCUT2D eigenvalue weighted by Crippen LogP contribution is -2.34. The van der Waals surface area contributed by atoms with Crippen molar-refractivity contribution in [2.45, 2.75) is 57.3 Å². The van der Waals surface area contributed by atoms with Crippen LogP contribution in [0.5, 0.6) is 0 Å². The molecule has 0 aromatic heterocycles. The summed E-state index contributed by atoms with van der Waals surface area (Å²) >= 11 is 0. The first-order valence-electron chi connectivity index (χ1n) is 5.32. The van der Waals surface area contributed by atoms with Crippen LogP contribution in [-0.2, 0) is 0 Å². The average Bonchev–Trinajstić information content (AvgIpc) is 2.12. The molecule has 0 saturated heterocycles. The summed E-state index contributed by atoms with van der Waals surface area (Å²) in [6, 6.07) is 0.425. The van der Waals surface area contributed by atoms with Gasteiger partial charge in [0.15, 0.2) is 0 Å². The normalized spacial score (nSPS) is 43.9. The molecule has 0 bridgehead atoms. The fourth-order valence-corrected chi connectivity index (χ4v) is 2.36. The molecular formula is C10H22BN. The molecule has 0 radical (unpaired) electrons. The van der Waals surface area contributed by atoms with Crippen LogP contribution in [0.25, 0.3) is 0 Å². The third-order valence-electron chi connectivity index (χ3n) is 3.52. The van der Waals surface area contributed by atoms with E-state index in [-0.39, 0.29) is 0 Å². The Morgan fingerprint density at radius 3 is 2.75 bits per heavy atom. The minimum absolute atomic E-state index is 0.372. The van der Waals surface area contributed by atoms with Crippen LogP contribution in [-0.4, -0.2) is 13.9 Å². The third-order valence-corrected chi connectivity index (χ3v) is 3.52. The van der Waals surface area contributed by atoms with Gasteiger partial charge in [0.2, 0.25) is 0 Å². The Balaban J connectivity index is 2.59. The highest BCUT2D eigenvalue weighted by atomic mass is 14.7. The monoisotopic (exact) mass is 167 g/mol. The topological polar surface area (TPSA) is 26.0 Å². The second-order valence-corrected chi connectivity index (χ2v) is 5.00. The molecule has 12 heavy (non-hydrogen) atoms. The molecule has 1 aliphatic rings. The summed E-state index contributed by atoms with van der Waals surface area (Å²) in [4.78, 5) is 0. The molecule has 0 heterocycles. The molecule has 0 aliphatic heterocycles. The van der Waals surface area contributed by atoms with Crippen LogP contribution in [0.4, 0.5) is 0 Å². The van der Waals surface area contributed by atoms with E-state index < -0.39 is 0 Å². The maximum absolute atomic E-state index is 6.13. The number of hydrogen-bond donors (Lipinski definition) is 1. The Labute approximate surface area is 77.5 Å². The van der Waals surface area contributed by atoms with E-state index in [4.69, 9.17) is 5.73 Å². The van der Waals surface area contributed by atoms with E-state index in [1.807, 2.05) is 0 Å². The molecule has 0 aromatic rings. The Bertz CT molecular complexity index is 145. The molecule has 1 fully saturated rings. The third kappa shape index (κ3) is 2.26. The molecule has 0 amide bonds. The van der Waals surface area contributed by atoms with Gasteiger partial charge in [-0.05, 0) is 17.7 Å². The summed E-state index contributed by atoms with van der Waals surface area (Å²) in [6.45, 7) is 4.63. The van der Waals surface area contributed by atoms with Gasteiger partial charge in [0.25, 0.3) is 0 Å². The van der Waals surface area contributed by atoms with Gasteiger partial charge in [-0.1, -0.05) is 39.5 Å². The van der Waals surface area contributed by atoms with Crippen LogP contribution < -0.4 is 5.73 Å². The van der Waals surface area contributed by atoms with Gasteiger partial charge in [-0.2, -0.15) is 0 Å².